The molecule has 2 aromatic carbocycles. The lowest BCUT2D eigenvalue weighted by molar-refractivity contribution is 0.0977. The minimum absolute atomic E-state index is 0.241. The quantitative estimate of drug-likeness (QED) is 0.717. The molecule has 6 heteroatoms. The van der Waals surface area contributed by atoms with Gasteiger partial charge in [0.15, 0.2) is 5.11 Å². The van der Waals surface area contributed by atoms with Crippen LogP contribution < -0.4 is 15.5 Å². The Labute approximate surface area is 161 Å². The zero-order valence-electron chi connectivity index (χ0n) is 13.8. The first-order valence-corrected chi connectivity index (χ1v) is 9.55. The van der Waals surface area contributed by atoms with Crippen LogP contribution in [0.15, 0.2) is 53.0 Å². The van der Waals surface area contributed by atoms with E-state index in [0.29, 0.717) is 5.56 Å². The molecule has 1 fully saturated rings. The van der Waals surface area contributed by atoms with Crippen LogP contribution in [0, 0.1) is 0 Å². The molecular formula is C19H20BrN3OS. The van der Waals surface area contributed by atoms with Crippen molar-refractivity contribution < 1.29 is 4.79 Å². The van der Waals surface area contributed by atoms with Crippen LogP contribution in [-0.2, 0) is 0 Å². The smallest absolute Gasteiger partial charge is 0.258 e. The van der Waals surface area contributed by atoms with Gasteiger partial charge in [-0.1, -0.05) is 12.1 Å². The second-order valence-electron chi connectivity index (χ2n) is 5.98. The number of nitrogens with one attached hydrogen (secondary N) is 2. The Morgan fingerprint density at radius 2 is 1.68 bits per heavy atom. The van der Waals surface area contributed by atoms with Crippen molar-refractivity contribution in [3.05, 3.63) is 58.6 Å². The first kappa shape index (κ1) is 17.9. The lowest BCUT2D eigenvalue weighted by atomic mass is 10.1. The Morgan fingerprint density at radius 3 is 2.36 bits per heavy atom. The van der Waals surface area contributed by atoms with Gasteiger partial charge in [0.05, 0.1) is 5.56 Å². The van der Waals surface area contributed by atoms with Crippen molar-refractivity contribution in [1.29, 1.82) is 0 Å². The summed E-state index contributed by atoms with van der Waals surface area (Å²) >= 11 is 8.61. The maximum Gasteiger partial charge on any atom is 0.258 e. The first-order valence-electron chi connectivity index (χ1n) is 8.35. The van der Waals surface area contributed by atoms with E-state index in [-0.39, 0.29) is 11.0 Å². The highest BCUT2D eigenvalue weighted by molar-refractivity contribution is 9.10. The average molecular weight is 418 g/mol. The molecule has 2 N–H and O–H groups in total. The van der Waals surface area contributed by atoms with Crippen molar-refractivity contribution in [2.24, 2.45) is 0 Å². The van der Waals surface area contributed by atoms with Crippen LogP contribution >= 0.6 is 28.1 Å². The van der Waals surface area contributed by atoms with E-state index in [4.69, 9.17) is 12.2 Å². The number of anilines is 2. The van der Waals surface area contributed by atoms with Crippen molar-refractivity contribution in [3.8, 4) is 0 Å². The molecule has 4 nitrogen and oxygen atoms in total. The molecule has 1 heterocycles. The number of nitrogens with zero attached hydrogens (tertiary/aromatic N) is 1. The molecule has 0 aromatic heterocycles. The van der Waals surface area contributed by atoms with E-state index < -0.39 is 0 Å². The summed E-state index contributed by atoms with van der Waals surface area (Å²) in [5, 5.41) is 6.05. The summed E-state index contributed by atoms with van der Waals surface area (Å²) in [6.07, 6.45) is 3.83. The Balaban J connectivity index is 1.57. The standard InChI is InChI=1S/C19H20BrN3OS/c20-17-7-3-2-6-16(17)18(24)22-19(25)21-14-8-10-15(11-9-14)23-12-4-1-5-13-23/h2-3,6-11H,1,4-5,12-13H2,(H2,21,22,24,25). The van der Waals surface area contributed by atoms with Gasteiger partial charge in [-0.25, -0.2) is 0 Å². The lowest BCUT2D eigenvalue weighted by Gasteiger charge is -2.28. The van der Waals surface area contributed by atoms with Gasteiger partial charge in [-0.2, -0.15) is 0 Å². The van der Waals surface area contributed by atoms with E-state index in [0.717, 1.165) is 23.2 Å². The van der Waals surface area contributed by atoms with Crippen LogP contribution in [0.3, 0.4) is 0 Å². The van der Waals surface area contributed by atoms with Gasteiger partial charge < -0.3 is 10.2 Å². The number of hydrogen-bond acceptors (Lipinski definition) is 3. The van der Waals surface area contributed by atoms with Crippen LogP contribution in [0.4, 0.5) is 11.4 Å². The number of amides is 1. The molecule has 1 amide bonds. The molecule has 25 heavy (non-hydrogen) atoms. The molecule has 0 atom stereocenters. The molecule has 3 rings (SSSR count). The third-order valence-corrected chi connectivity index (χ3v) is 5.09. The molecule has 0 unspecified atom stereocenters. The van der Waals surface area contributed by atoms with E-state index in [1.54, 1.807) is 6.07 Å². The van der Waals surface area contributed by atoms with Gasteiger partial charge >= 0.3 is 0 Å². The van der Waals surface area contributed by atoms with E-state index in [9.17, 15) is 4.79 Å². The van der Waals surface area contributed by atoms with E-state index in [2.05, 4.69) is 43.6 Å². The molecule has 1 saturated heterocycles. The minimum atomic E-state index is -0.241. The first-order chi connectivity index (χ1) is 12.1. The fourth-order valence-corrected chi connectivity index (χ4v) is 3.56. The highest BCUT2D eigenvalue weighted by Gasteiger charge is 2.12. The molecule has 130 valence electrons. The summed E-state index contributed by atoms with van der Waals surface area (Å²) in [5.74, 6) is -0.241. The number of rotatable bonds is 3. The average Bonchev–Trinajstić information content (AvgIpc) is 2.63. The van der Waals surface area contributed by atoms with Crippen molar-refractivity contribution in [1.82, 2.24) is 5.32 Å². The zero-order valence-corrected chi connectivity index (χ0v) is 16.2. The van der Waals surface area contributed by atoms with Gasteiger partial charge in [0.2, 0.25) is 0 Å². The monoisotopic (exact) mass is 417 g/mol. The number of benzene rings is 2. The summed E-state index contributed by atoms with van der Waals surface area (Å²) in [4.78, 5) is 14.7. The molecule has 0 radical (unpaired) electrons. The molecular weight excluding hydrogens is 398 g/mol. The van der Waals surface area contributed by atoms with Crippen LogP contribution in [0.1, 0.15) is 29.6 Å². The van der Waals surface area contributed by atoms with Crippen molar-refractivity contribution in [2.45, 2.75) is 19.3 Å². The SMILES string of the molecule is O=C(NC(=S)Nc1ccc(N2CCCCC2)cc1)c1ccccc1Br. The van der Waals surface area contributed by atoms with Gasteiger partial charge in [0, 0.05) is 28.9 Å². The maximum atomic E-state index is 12.3. The Bertz CT molecular complexity index is 758. The highest BCUT2D eigenvalue weighted by atomic mass is 79.9. The third kappa shape index (κ3) is 4.80. The largest absolute Gasteiger partial charge is 0.372 e. The molecule has 1 aliphatic rings. The van der Waals surface area contributed by atoms with Crippen molar-refractivity contribution in [3.63, 3.8) is 0 Å². The predicted molar refractivity (Wildman–Crippen MR) is 110 cm³/mol. The Morgan fingerprint density at radius 1 is 1.00 bits per heavy atom. The maximum absolute atomic E-state index is 12.3. The molecule has 0 saturated carbocycles. The minimum Gasteiger partial charge on any atom is -0.372 e. The Kier molecular flexibility index (Phi) is 6.04. The van der Waals surface area contributed by atoms with Gasteiger partial charge in [-0.05, 0) is 83.8 Å². The fourth-order valence-electron chi connectivity index (χ4n) is 2.89. The zero-order chi connectivity index (χ0) is 17.6. The summed E-state index contributed by atoms with van der Waals surface area (Å²) in [6, 6.07) is 15.4. The number of carbonyl (C=O) groups is 1. The number of carbonyl (C=O) groups excluding carboxylic acids is 1. The van der Waals surface area contributed by atoms with Crippen LogP contribution in [-0.4, -0.2) is 24.1 Å². The van der Waals surface area contributed by atoms with Gasteiger partial charge in [-0.15, -0.1) is 0 Å². The number of hydrogen-bond donors (Lipinski definition) is 2. The van der Waals surface area contributed by atoms with Gasteiger partial charge in [0.1, 0.15) is 0 Å². The van der Waals surface area contributed by atoms with Gasteiger partial charge in [0.25, 0.3) is 5.91 Å². The predicted octanol–water partition coefficient (Wildman–Crippen LogP) is 4.57. The van der Waals surface area contributed by atoms with E-state index in [1.165, 1.54) is 24.9 Å². The molecule has 2 aromatic rings. The van der Waals surface area contributed by atoms with E-state index in [1.807, 2.05) is 30.3 Å². The van der Waals surface area contributed by atoms with Gasteiger partial charge in [-0.3, -0.25) is 10.1 Å². The number of piperidine rings is 1. The topological polar surface area (TPSA) is 44.4 Å². The number of halogens is 1. The van der Waals surface area contributed by atoms with Crippen LogP contribution in [0.25, 0.3) is 0 Å². The Hall–Kier alpha value is -1.92. The summed E-state index contributed by atoms with van der Waals surface area (Å²) in [5.41, 5.74) is 2.64. The summed E-state index contributed by atoms with van der Waals surface area (Å²) in [6.45, 7) is 2.24. The normalized spacial score (nSPS) is 14.0. The molecule has 0 aliphatic carbocycles. The second-order valence-corrected chi connectivity index (χ2v) is 7.25. The fraction of sp³-hybridized carbons (Fsp3) is 0.263. The molecule has 1 aliphatic heterocycles. The van der Waals surface area contributed by atoms with Crippen molar-refractivity contribution >= 4 is 50.5 Å². The molecule has 0 spiro atoms. The second kappa shape index (κ2) is 8.45. The lowest BCUT2D eigenvalue weighted by Crippen LogP contribution is -2.34. The highest BCUT2D eigenvalue weighted by Crippen LogP contribution is 2.22. The third-order valence-electron chi connectivity index (χ3n) is 4.19. The van der Waals surface area contributed by atoms with E-state index >= 15 is 0 Å². The number of thiocarbonyl (C=S) groups is 1. The van der Waals surface area contributed by atoms with Crippen LogP contribution in [0.5, 0.6) is 0 Å². The summed E-state index contributed by atoms with van der Waals surface area (Å²) in [7, 11) is 0. The van der Waals surface area contributed by atoms with Crippen molar-refractivity contribution in [2.75, 3.05) is 23.3 Å². The molecule has 0 bridgehead atoms. The van der Waals surface area contributed by atoms with Crippen LogP contribution in [0.2, 0.25) is 0 Å². The summed E-state index contributed by atoms with van der Waals surface area (Å²) < 4.78 is 0.737.